The Balaban J connectivity index is 4.96. The van der Waals surface area contributed by atoms with Crippen LogP contribution < -0.4 is 0 Å². The number of hydrogen-bond acceptors (Lipinski definition) is 1. The van der Waals surface area contributed by atoms with Crippen molar-refractivity contribution >= 4 is 75.6 Å². The van der Waals surface area contributed by atoms with E-state index in [1.807, 2.05) is 0 Å². The summed E-state index contributed by atoms with van der Waals surface area (Å²) in [5.41, 5.74) is 0. The first-order valence-electron chi connectivity index (χ1n) is 3.39. The van der Waals surface area contributed by atoms with Crippen molar-refractivity contribution in [2.24, 2.45) is 0 Å². The third-order valence-corrected chi connectivity index (χ3v) is 4.16. The van der Waals surface area contributed by atoms with Crippen molar-refractivity contribution in [2.75, 3.05) is 5.88 Å². The molecule has 0 bridgehead atoms. The van der Waals surface area contributed by atoms with Gasteiger partial charge in [-0.1, -0.05) is 46.4 Å². The van der Waals surface area contributed by atoms with Crippen LogP contribution in [-0.4, -0.2) is 30.8 Å². The van der Waals surface area contributed by atoms with Gasteiger partial charge in [-0.05, 0) is 0 Å². The van der Waals surface area contributed by atoms with Crippen LogP contribution >= 0.6 is 69.6 Å². The van der Waals surface area contributed by atoms with E-state index in [1.165, 1.54) is 0 Å². The number of hydrogen-bond donors (Lipinski definition) is 1. The fourth-order valence-corrected chi connectivity index (χ4v) is 2.13. The normalized spacial score (nSPS) is 17.3. The predicted octanol–water partition coefficient (Wildman–Crippen LogP) is 3.95. The van der Waals surface area contributed by atoms with Gasteiger partial charge >= 0.3 is 5.97 Å². The van der Waals surface area contributed by atoms with Gasteiger partial charge in [0.25, 0.3) is 4.59 Å². The Morgan fingerprint density at radius 1 is 1.20 bits per heavy atom. The molecule has 90 valence electrons. The molecule has 0 aromatic rings. The third-order valence-electron chi connectivity index (χ3n) is 1.53. The van der Waals surface area contributed by atoms with E-state index in [9.17, 15) is 9.18 Å². The Bertz CT molecular complexity index is 252. The van der Waals surface area contributed by atoms with Crippen molar-refractivity contribution in [2.45, 2.75) is 20.2 Å². The van der Waals surface area contributed by atoms with Crippen molar-refractivity contribution < 1.29 is 14.3 Å². The lowest BCUT2D eigenvalue weighted by Gasteiger charge is -2.33. The van der Waals surface area contributed by atoms with Gasteiger partial charge in [0, 0.05) is 12.3 Å². The molecule has 0 heterocycles. The molecule has 0 radical (unpaired) electrons. The van der Waals surface area contributed by atoms with Crippen molar-refractivity contribution in [3.05, 3.63) is 0 Å². The Hall–Kier alpha value is 1.14. The van der Waals surface area contributed by atoms with Gasteiger partial charge in [-0.15, -0.1) is 23.2 Å². The largest absolute Gasteiger partial charge is 0.479 e. The van der Waals surface area contributed by atoms with Gasteiger partial charge < -0.3 is 5.11 Å². The summed E-state index contributed by atoms with van der Waals surface area (Å²) < 4.78 is 7.96. The summed E-state index contributed by atoms with van der Waals surface area (Å²) in [6.07, 6.45) is -0.757. The van der Waals surface area contributed by atoms with Crippen molar-refractivity contribution in [3.8, 4) is 0 Å². The molecule has 0 saturated carbocycles. The zero-order valence-electron chi connectivity index (χ0n) is 6.92. The fraction of sp³-hybridized carbons (Fsp3) is 0.833. The molecular weight excluding hydrogens is 336 g/mol. The third kappa shape index (κ3) is 4.14. The van der Waals surface area contributed by atoms with E-state index < -0.39 is 32.1 Å². The first-order valence-corrected chi connectivity index (χ1v) is 5.81. The van der Waals surface area contributed by atoms with Crippen LogP contribution in [0.5, 0.6) is 0 Å². The minimum Gasteiger partial charge on any atom is -0.479 e. The van der Waals surface area contributed by atoms with Crippen molar-refractivity contribution in [3.63, 3.8) is 0 Å². The van der Waals surface area contributed by atoms with Gasteiger partial charge in [0.05, 0.1) is 0 Å². The number of carbonyl (C=O) groups is 1. The highest BCUT2D eigenvalue weighted by Crippen LogP contribution is 2.48. The van der Waals surface area contributed by atoms with E-state index in [2.05, 4.69) is 0 Å². The van der Waals surface area contributed by atoms with Gasteiger partial charge in [0.2, 0.25) is 4.33 Å². The van der Waals surface area contributed by atoms with E-state index in [0.717, 1.165) is 0 Å². The summed E-state index contributed by atoms with van der Waals surface area (Å²) in [6.45, 7) is 0. The molecule has 0 aliphatic rings. The van der Waals surface area contributed by atoms with E-state index in [4.69, 9.17) is 74.7 Å². The van der Waals surface area contributed by atoms with E-state index in [1.54, 1.807) is 0 Å². The number of carboxylic acid groups (broad SMARTS) is 1. The zero-order chi connectivity index (χ0) is 12.5. The topological polar surface area (TPSA) is 37.3 Å². The van der Waals surface area contributed by atoms with Crippen LogP contribution in [0.15, 0.2) is 0 Å². The number of carboxylic acids is 1. The average Bonchev–Trinajstić information content (AvgIpc) is 2.01. The molecule has 15 heavy (non-hydrogen) atoms. The van der Waals surface area contributed by atoms with Crippen LogP contribution in [0.2, 0.25) is 0 Å². The van der Waals surface area contributed by atoms with E-state index in [0.29, 0.717) is 0 Å². The van der Waals surface area contributed by atoms with Crippen molar-refractivity contribution in [1.29, 1.82) is 0 Å². The second-order valence-electron chi connectivity index (χ2n) is 2.78. The smallest absolute Gasteiger partial charge is 0.340 e. The molecule has 9 heteroatoms. The van der Waals surface area contributed by atoms with E-state index in [-0.39, 0.29) is 0 Å². The zero-order valence-corrected chi connectivity index (χ0v) is 11.5. The molecule has 0 amide bonds. The van der Waals surface area contributed by atoms with Gasteiger partial charge in [-0.25, -0.2) is 9.18 Å². The first-order chi connectivity index (χ1) is 6.46. The Morgan fingerprint density at radius 2 is 1.60 bits per heavy atom. The fourth-order valence-electron chi connectivity index (χ4n) is 0.651. The summed E-state index contributed by atoms with van der Waals surface area (Å²) in [4.78, 5) is 8.47. The molecule has 0 aliphatic carbocycles. The first kappa shape index (κ1) is 16.1. The maximum atomic E-state index is 13.2. The van der Waals surface area contributed by atoms with Crippen LogP contribution in [0.3, 0.4) is 0 Å². The molecule has 0 spiro atoms. The molecule has 0 aliphatic heterocycles. The highest BCUT2D eigenvalue weighted by atomic mass is 35.5. The quantitative estimate of drug-likeness (QED) is 0.769. The Morgan fingerprint density at radius 3 is 1.80 bits per heavy atom. The van der Waals surface area contributed by atoms with Crippen LogP contribution in [-0.2, 0) is 4.79 Å². The second-order valence-corrected chi connectivity index (χ2v) is 6.49. The van der Waals surface area contributed by atoms with Crippen LogP contribution in [0.4, 0.5) is 4.39 Å². The van der Waals surface area contributed by atoms with Crippen LogP contribution in [0.25, 0.3) is 0 Å². The average molecular weight is 341 g/mol. The molecular formula is C6H5Cl6FO2. The molecule has 1 unspecified atom stereocenters. The molecule has 0 saturated heterocycles. The number of alkyl halides is 7. The predicted molar refractivity (Wildman–Crippen MR) is 61.5 cm³/mol. The molecule has 1 N–H and O–H groups in total. The molecule has 0 aromatic heterocycles. The number of halogens is 7. The lowest BCUT2D eigenvalue weighted by atomic mass is 10.0. The summed E-state index contributed by atoms with van der Waals surface area (Å²) in [7, 11) is 0. The molecule has 1 atom stereocenters. The van der Waals surface area contributed by atoms with Crippen molar-refractivity contribution in [1.82, 2.24) is 0 Å². The summed E-state index contributed by atoms with van der Waals surface area (Å²) in [6, 6.07) is 0. The standard InChI is InChI=1S/C6H5Cl6FO2/c7-2-4(8,6(11,12)13)1-5(9,10)3(14)15/h1-2H2,(H,14,15). The van der Waals surface area contributed by atoms with Gasteiger partial charge in [-0.2, -0.15) is 0 Å². The SMILES string of the molecule is O=C(O)C(Cl)(Cl)CC(Cl)(CCl)C(F)(Cl)Cl. The van der Waals surface area contributed by atoms with Gasteiger partial charge in [0.1, 0.15) is 4.87 Å². The lowest BCUT2D eigenvalue weighted by molar-refractivity contribution is -0.138. The molecule has 0 aromatic carbocycles. The molecule has 2 nitrogen and oxygen atoms in total. The summed E-state index contributed by atoms with van der Waals surface area (Å²) in [5, 5.41) is 8.59. The highest BCUT2D eigenvalue weighted by molar-refractivity contribution is 6.58. The van der Waals surface area contributed by atoms with Gasteiger partial charge in [0.15, 0.2) is 0 Å². The number of aliphatic carboxylic acids is 1. The summed E-state index contributed by atoms with van der Waals surface area (Å²) >= 11 is 32.0. The maximum Gasteiger partial charge on any atom is 0.340 e. The Kier molecular flexibility index (Phi) is 5.59. The van der Waals surface area contributed by atoms with E-state index >= 15 is 0 Å². The minimum absolute atomic E-state index is 0.563. The summed E-state index contributed by atoms with van der Waals surface area (Å²) in [5.74, 6) is -2.16. The second kappa shape index (κ2) is 5.19. The van der Waals surface area contributed by atoms with Gasteiger partial charge in [-0.3, -0.25) is 0 Å². The minimum atomic E-state index is -2.96. The van der Waals surface area contributed by atoms with Crippen LogP contribution in [0.1, 0.15) is 6.42 Å². The molecule has 0 fully saturated rings. The monoisotopic (exact) mass is 338 g/mol. The van der Waals surface area contributed by atoms with Crippen LogP contribution in [0, 0.1) is 0 Å². The highest BCUT2D eigenvalue weighted by Gasteiger charge is 2.54. The maximum absolute atomic E-state index is 13.2. The lowest BCUT2D eigenvalue weighted by Crippen LogP contribution is -2.46. The Labute approximate surface area is 116 Å². The molecule has 0 rings (SSSR count). The number of rotatable bonds is 5.